The van der Waals surface area contributed by atoms with Crippen LogP contribution in [-0.2, 0) is 9.63 Å². The van der Waals surface area contributed by atoms with Crippen LogP contribution >= 0.6 is 0 Å². The number of hydrogen-bond donors (Lipinski definition) is 1. The Labute approximate surface area is 118 Å². The lowest BCUT2D eigenvalue weighted by Crippen LogP contribution is -2.42. The topological polar surface area (TPSA) is 38.3 Å². The van der Waals surface area contributed by atoms with Crippen LogP contribution in [0.5, 0.6) is 0 Å². The zero-order chi connectivity index (χ0) is 14.7. The van der Waals surface area contributed by atoms with Crippen molar-refractivity contribution in [3.05, 3.63) is 12.2 Å². The first-order chi connectivity index (χ1) is 8.89. The summed E-state index contributed by atoms with van der Waals surface area (Å²) in [5.74, 6) is -0.381. The Bertz CT molecular complexity index is 275. The van der Waals surface area contributed by atoms with E-state index in [-0.39, 0.29) is 5.97 Å². The van der Waals surface area contributed by atoms with E-state index in [4.69, 9.17) is 4.84 Å². The van der Waals surface area contributed by atoms with Crippen molar-refractivity contribution in [3.63, 3.8) is 0 Å². The van der Waals surface area contributed by atoms with Crippen LogP contribution in [0.4, 0.5) is 0 Å². The van der Waals surface area contributed by atoms with Gasteiger partial charge in [-0.3, -0.25) is 0 Å². The summed E-state index contributed by atoms with van der Waals surface area (Å²) in [6.45, 7) is 10.4. The Kier molecular flexibility index (Phi) is 9.53. The van der Waals surface area contributed by atoms with Gasteiger partial charge in [0.2, 0.25) is 0 Å². The summed E-state index contributed by atoms with van der Waals surface area (Å²) in [6.07, 6.45) is 6.22. The average Bonchev–Trinajstić information content (AvgIpc) is 2.33. The number of quaternary nitrogens is 1. The highest BCUT2D eigenvalue weighted by molar-refractivity contribution is 5.86. The average molecular weight is 271 g/mol. The number of nitrogens with zero attached hydrogens (tertiary/aromatic N) is 1. The highest BCUT2D eigenvalue weighted by atomic mass is 16.7. The minimum atomic E-state index is -0.381. The van der Waals surface area contributed by atoms with E-state index in [1.807, 2.05) is 0 Å². The normalized spacial score (nSPS) is 11.4. The molecule has 0 aromatic rings. The molecule has 0 saturated carbocycles. The van der Waals surface area contributed by atoms with Gasteiger partial charge in [0, 0.05) is 18.5 Å². The molecule has 0 aliphatic heterocycles. The third-order valence-electron chi connectivity index (χ3n) is 3.17. The van der Waals surface area contributed by atoms with Gasteiger partial charge >= 0.3 is 5.97 Å². The van der Waals surface area contributed by atoms with E-state index in [1.54, 1.807) is 6.92 Å². The standard InChI is InChI=1S/C15H31N2O2/c1-6-7-8-9-12-17(4,5)13-10-11-16-19-15(18)14(2)3/h16H,2,6-13H2,1,3-5H3/q+1. The minimum Gasteiger partial charge on any atom is -0.367 e. The molecule has 1 N–H and O–H groups in total. The molecule has 0 rings (SSSR count). The largest absolute Gasteiger partial charge is 0.367 e. The van der Waals surface area contributed by atoms with Gasteiger partial charge in [0.1, 0.15) is 0 Å². The van der Waals surface area contributed by atoms with Gasteiger partial charge in [0.25, 0.3) is 0 Å². The number of nitrogens with one attached hydrogen (secondary N) is 1. The Morgan fingerprint density at radius 3 is 2.37 bits per heavy atom. The number of carbonyl (C=O) groups is 1. The summed E-state index contributed by atoms with van der Waals surface area (Å²) in [7, 11) is 4.51. The maximum atomic E-state index is 11.1. The lowest BCUT2D eigenvalue weighted by molar-refractivity contribution is -0.890. The van der Waals surface area contributed by atoms with Gasteiger partial charge < -0.3 is 9.32 Å². The van der Waals surface area contributed by atoms with Gasteiger partial charge in [0.15, 0.2) is 0 Å². The van der Waals surface area contributed by atoms with Gasteiger partial charge in [-0.1, -0.05) is 26.3 Å². The van der Waals surface area contributed by atoms with E-state index in [0.29, 0.717) is 12.1 Å². The summed E-state index contributed by atoms with van der Waals surface area (Å²) >= 11 is 0. The SMILES string of the molecule is C=C(C)C(=O)ONCCC[N+](C)(C)CCCCCC. The van der Waals surface area contributed by atoms with Crippen molar-refractivity contribution >= 4 is 5.97 Å². The molecule has 0 aromatic heterocycles. The van der Waals surface area contributed by atoms with Crippen molar-refractivity contribution in [1.29, 1.82) is 0 Å². The number of rotatable bonds is 11. The third kappa shape index (κ3) is 10.7. The first kappa shape index (κ1) is 18.1. The molecule has 0 heterocycles. The maximum Gasteiger partial charge on any atom is 0.351 e. The molecule has 0 aromatic carbocycles. The van der Waals surface area contributed by atoms with Crippen LogP contribution < -0.4 is 5.48 Å². The second-order valence-corrected chi connectivity index (χ2v) is 5.86. The predicted octanol–water partition coefficient (Wildman–Crippen LogP) is 2.66. The number of hydroxylamine groups is 1. The molecule has 0 spiro atoms. The van der Waals surface area contributed by atoms with Crippen LogP contribution in [0, 0.1) is 0 Å². The van der Waals surface area contributed by atoms with Crippen LogP contribution in [-0.4, -0.2) is 44.2 Å². The second-order valence-electron chi connectivity index (χ2n) is 5.86. The van der Waals surface area contributed by atoms with Gasteiger partial charge in [-0.15, -0.1) is 0 Å². The van der Waals surface area contributed by atoms with Crippen LogP contribution in [0.3, 0.4) is 0 Å². The van der Waals surface area contributed by atoms with E-state index in [9.17, 15) is 4.79 Å². The van der Waals surface area contributed by atoms with E-state index in [1.165, 1.54) is 32.2 Å². The quantitative estimate of drug-likeness (QED) is 0.272. The van der Waals surface area contributed by atoms with E-state index < -0.39 is 0 Å². The number of carbonyl (C=O) groups excluding carboxylic acids is 1. The molecule has 112 valence electrons. The predicted molar refractivity (Wildman–Crippen MR) is 79.5 cm³/mol. The first-order valence-electron chi connectivity index (χ1n) is 7.30. The third-order valence-corrected chi connectivity index (χ3v) is 3.17. The molecule has 4 nitrogen and oxygen atoms in total. The molecule has 0 amide bonds. The molecule has 0 bridgehead atoms. The number of hydrogen-bond acceptors (Lipinski definition) is 3. The van der Waals surface area contributed by atoms with Crippen LogP contribution in [0.2, 0.25) is 0 Å². The van der Waals surface area contributed by atoms with Crippen molar-refractivity contribution in [1.82, 2.24) is 5.48 Å². The van der Waals surface area contributed by atoms with Crippen LogP contribution in [0.1, 0.15) is 46.0 Å². The fourth-order valence-corrected chi connectivity index (χ4v) is 1.86. The number of unbranched alkanes of at least 4 members (excludes halogenated alkanes) is 3. The van der Waals surface area contributed by atoms with Crippen molar-refractivity contribution in [2.45, 2.75) is 46.0 Å². The molecule has 0 aliphatic carbocycles. The van der Waals surface area contributed by atoms with Crippen molar-refractivity contribution in [3.8, 4) is 0 Å². The molecule has 0 aliphatic rings. The molecule has 0 fully saturated rings. The van der Waals surface area contributed by atoms with Gasteiger partial charge in [-0.05, 0) is 19.8 Å². The molecular weight excluding hydrogens is 240 g/mol. The molecule has 0 unspecified atom stereocenters. The molecule has 0 atom stereocenters. The monoisotopic (exact) mass is 271 g/mol. The Morgan fingerprint density at radius 2 is 1.79 bits per heavy atom. The Morgan fingerprint density at radius 1 is 1.16 bits per heavy atom. The molecule has 4 heteroatoms. The smallest absolute Gasteiger partial charge is 0.351 e. The fourth-order valence-electron chi connectivity index (χ4n) is 1.86. The summed E-state index contributed by atoms with van der Waals surface area (Å²) in [6, 6.07) is 0. The first-order valence-corrected chi connectivity index (χ1v) is 7.30. The summed E-state index contributed by atoms with van der Waals surface area (Å²) in [5, 5.41) is 0. The summed E-state index contributed by atoms with van der Waals surface area (Å²) < 4.78 is 1.03. The highest BCUT2D eigenvalue weighted by Crippen LogP contribution is 2.06. The van der Waals surface area contributed by atoms with E-state index in [0.717, 1.165) is 17.4 Å². The van der Waals surface area contributed by atoms with E-state index >= 15 is 0 Å². The minimum absolute atomic E-state index is 0.381. The van der Waals surface area contributed by atoms with Crippen LogP contribution in [0.25, 0.3) is 0 Å². The lowest BCUT2D eigenvalue weighted by Gasteiger charge is -2.29. The van der Waals surface area contributed by atoms with Crippen molar-refractivity contribution in [2.75, 3.05) is 33.7 Å². The molecule has 19 heavy (non-hydrogen) atoms. The molecule has 0 saturated heterocycles. The maximum absolute atomic E-state index is 11.1. The van der Waals surface area contributed by atoms with Gasteiger partial charge in [0.05, 0.1) is 27.2 Å². The molecular formula is C15H31N2O2+. The zero-order valence-corrected chi connectivity index (χ0v) is 13.1. The van der Waals surface area contributed by atoms with E-state index in [2.05, 4.69) is 33.1 Å². The lowest BCUT2D eigenvalue weighted by atomic mass is 10.2. The zero-order valence-electron chi connectivity index (χ0n) is 13.1. The Hall–Kier alpha value is -0.870. The fraction of sp³-hybridized carbons (Fsp3) is 0.800. The van der Waals surface area contributed by atoms with Crippen LogP contribution in [0.15, 0.2) is 12.2 Å². The van der Waals surface area contributed by atoms with Gasteiger partial charge in [-0.25, -0.2) is 4.79 Å². The Balaban J connectivity index is 3.57. The summed E-state index contributed by atoms with van der Waals surface area (Å²) in [4.78, 5) is 16.0. The summed E-state index contributed by atoms with van der Waals surface area (Å²) in [5.41, 5.74) is 3.11. The molecule has 0 radical (unpaired) electrons. The van der Waals surface area contributed by atoms with Crippen molar-refractivity contribution < 1.29 is 14.1 Å². The second kappa shape index (κ2) is 9.98. The highest BCUT2D eigenvalue weighted by Gasteiger charge is 2.13. The van der Waals surface area contributed by atoms with Crippen molar-refractivity contribution in [2.24, 2.45) is 0 Å². The van der Waals surface area contributed by atoms with Gasteiger partial charge in [-0.2, -0.15) is 5.48 Å².